The predicted octanol–water partition coefficient (Wildman–Crippen LogP) is -0.0469. The molecule has 2 N–H and O–H groups in total. The number of hydrogen-bond acceptors (Lipinski definition) is 5. The third kappa shape index (κ3) is 2.23. The molecule has 6 nitrogen and oxygen atoms in total. The Bertz CT molecular complexity index is 891. The Balaban J connectivity index is 2.31. The van der Waals surface area contributed by atoms with Crippen molar-refractivity contribution in [3.8, 4) is 0 Å². The second-order valence-electron chi connectivity index (χ2n) is 4.44. The Labute approximate surface area is 121 Å². The van der Waals surface area contributed by atoms with Crippen LogP contribution < -0.4 is 5.59 Å². The first kappa shape index (κ1) is 13.8. The largest absolute Gasteiger partial charge is 0.510 e. The summed E-state index contributed by atoms with van der Waals surface area (Å²) in [7, 11) is -5.74. The van der Waals surface area contributed by atoms with Crippen molar-refractivity contribution in [3.05, 3.63) is 54.6 Å². The van der Waals surface area contributed by atoms with Crippen LogP contribution >= 0.6 is 0 Å². The van der Waals surface area contributed by atoms with E-state index in [9.17, 15) is 18.5 Å². The number of rotatable bonds is 3. The number of fused-ring (bicyclic) bond motifs is 1. The minimum Gasteiger partial charge on any atom is -0.422 e. The van der Waals surface area contributed by atoms with Crippen LogP contribution in [0, 0.1) is 0 Å². The second-order valence-corrected chi connectivity index (χ2v) is 6.20. The average molecular weight is 302 g/mol. The summed E-state index contributed by atoms with van der Waals surface area (Å²) in [5, 5.41) is 23.0. The lowest BCUT2D eigenvalue weighted by atomic mass is 9.84. The van der Waals surface area contributed by atoms with Gasteiger partial charge in [-0.25, -0.2) is 0 Å². The average Bonchev–Trinajstić information content (AvgIpc) is 2.88. The van der Waals surface area contributed by atoms with E-state index in [1.807, 2.05) is 0 Å². The Hall–Kier alpha value is -2.16. The monoisotopic (exact) mass is 302 g/mol. The Morgan fingerprint density at radius 3 is 2.24 bits per heavy atom. The fourth-order valence-electron chi connectivity index (χ4n) is 2.13. The maximum atomic E-state index is 12.6. The van der Waals surface area contributed by atoms with E-state index in [1.54, 1.807) is 42.5 Å². The minimum atomic E-state index is -3.89. The standard InChI is InChI=1S/C13H11BN2O4S/c17-14(18)13-11-8-4-5-9-12(11)16(15-13)21(19,20)10-6-2-1-3-7-10/h1-9,17-18H. The van der Waals surface area contributed by atoms with Crippen LogP contribution in [0.15, 0.2) is 59.5 Å². The van der Waals surface area contributed by atoms with Crippen LogP contribution in [0.1, 0.15) is 0 Å². The van der Waals surface area contributed by atoms with E-state index in [0.717, 1.165) is 4.09 Å². The molecule has 3 rings (SSSR count). The van der Waals surface area contributed by atoms with Gasteiger partial charge in [0.1, 0.15) is 5.59 Å². The topological polar surface area (TPSA) is 92.4 Å². The molecule has 0 aliphatic rings. The van der Waals surface area contributed by atoms with Gasteiger partial charge >= 0.3 is 7.12 Å². The van der Waals surface area contributed by atoms with Gasteiger partial charge in [0.05, 0.1) is 10.4 Å². The van der Waals surface area contributed by atoms with Gasteiger partial charge in [0, 0.05) is 5.39 Å². The third-order valence-corrected chi connectivity index (χ3v) is 4.70. The van der Waals surface area contributed by atoms with E-state index in [-0.39, 0.29) is 10.5 Å². The van der Waals surface area contributed by atoms with Crippen LogP contribution in [0.4, 0.5) is 0 Å². The summed E-state index contributed by atoms with van der Waals surface area (Å²) in [6.07, 6.45) is 0. The van der Waals surface area contributed by atoms with E-state index in [4.69, 9.17) is 0 Å². The molecule has 0 bridgehead atoms. The van der Waals surface area contributed by atoms with Gasteiger partial charge in [0.15, 0.2) is 0 Å². The predicted molar refractivity (Wildman–Crippen MR) is 78.6 cm³/mol. The summed E-state index contributed by atoms with van der Waals surface area (Å²) in [4.78, 5) is 0.0808. The van der Waals surface area contributed by atoms with Gasteiger partial charge in [-0.15, -0.1) is 0 Å². The molecule has 0 unspecified atom stereocenters. The molecule has 21 heavy (non-hydrogen) atoms. The molecule has 0 atom stereocenters. The highest BCUT2D eigenvalue weighted by Crippen LogP contribution is 2.19. The van der Waals surface area contributed by atoms with Crippen molar-refractivity contribution in [1.29, 1.82) is 0 Å². The van der Waals surface area contributed by atoms with E-state index >= 15 is 0 Å². The molecule has 1 aromatic heterocycles. The summed E-state index contributed by atoms with van der Waals surface area (Å²) >= 11 is 0. The van der Waals surface area contributed by atoms with Crippen LogP contribution in [0.2, 0.25) is 0 Å². The lowest BCUT2D eigenvalue weighted by Gasteiger charge is -2.05. The van der Waals surface area contributed by atoms with Crippen LogP contribution in [-0.4, -0.2) is 34.8 Å². The lowest BCUT2D eigenvalue weighted by molar-refractivity contribution is 0.424. The molecule has 0 fully saturated rings. The van der Waals surface area contributed by atoms with Crippen molar-refractivity contribution < 1.29 is 18.5 Å². The van der Waals surface area contributed by atoms with Gasteiger partial charge in [0.25, 0.3) is 10.0 Å². The number of nitrogens with zero attached hydrogens (tertiary/aromatic N) is 2. The summed E-state index contributed by atoms with van der Waals surface area (Å²) in [5.41, 5.74) is 0.203. The molecule has 0 amide bonds. The van der Waals surface area contributed by atoms with Crippen molar-refractivity contribution in [2.24, 2.45) is 0 Å². The molecular formula is C13H11BN2O4S. The minimum absolute atomic E-state index is 0.0808. The molecule has 0 aliphatic heterocycles. The SMILES string of the molecule is O=S(=O)(c1ccccc1)n1nc(B(O)O)c2ccccc21. The van der Waals surface area contributed by atoms with Gasteiger partial charge in [-0.05, 0) is 18.2 Å². The van der Waals surface area contributed by atoms with Gasteiger partial charge < -0.3 is 10.0 Å². The zero-order chi connectivity index (χ0) is 15.0. The highest BCUT2D eigenvalue weighted by Gasteiger charge is 2.26. The number of benzene rings is 2. The quantitative estimate of drug-likeness (QED) is 0.662. The highest BCUT2D eigenvalue weighted by molar-refractivity contribution is 7.90. The van der Waals surface area contributed by atoms with Gasteiger partial charge in [-0.1, -0.05) is 36.4 Å². The number of aromatic nitrogens is 2. The molecule has 0 aliphatic carbocycles. The van der Waals surface area contributed by atoms with Crippen LogP contribution in [0.25, 0.3) is 10.9 Å². The zero-order valence-corrected chi connectivity index (χ0v) is 11.6. The molecular weight excluding hydrogens is 291 g/mol. The first-order chi connectivity index (χ1) is 10.0. The van der Waals surface area contributed by atoms with Crippen molar-refractivity contribution in [2.75, 3.05) is 0 Å². The molecule has 2 aromatic carbocycles. The summed E-state index contributed by atoms with van der Waals surface area (Å²) in [6, 6.07) is 14.3. The summed E-state index contributed by atoms with van der Waals surface area (Å²) < 4.78 is 26.1. The highest BCUT2D eigenvalue weighted by atomic mass is 32.2. The van der Waals surface area contributed by atoms with Gasteiger partial charge in [-0.2, -0.15) is 17.6 Å². The van der Waals surface area contributed by atoms with E-state index in [1.165, 1.54) is 12.1 Å². The Morgan fingerprint density at radius 1 is 0.952 bits per heavy atom. The number of para-hydroxylation sites is 1. The summed E-state index contributed by atoms with van der Waals surface area (Å²) in [5.74, 6) is 0. The van der Waals surface area contributed by atoms with Crippen LogP contribution in [-0.2, 0) is 10.0 Å². The Kier molecular flexibility index (Phi) is 3.28. The van der Waals surface area contributed by atoms with Crippen molar-refractivity contribution >= 4 is 33.6 Å². The normalized spacial score (nSPS) is 11.7. The van der Waals surface area contributed by atoms with E-state index in [0.29, 0.717) is 10.9 Å². The maximum absolute atomic E-state index is 12.6. The summed E-state index contributed by atoms with van der Waals surface area (Å²) in [6.45, 7) is 0. The second kappa shape index (κ2) is 4.99. The molecule has 0 saturated carbocycles. The molecule has 3 aromatic rings. The van der Waals surface area contributed by atoms with E-state index < -0.39 is 17.1 Å². The smallest absolute Gasteiger partial charge is 0.422 e. The van der Waals surface area contributed by atoms with Crippen LogP contribution in [0.5, 0.6) is 0 Å². The van der Waals surface area contributed by atoms with E-state index in [2.05, 4.69) is 5.10 Å². The molecule has 0 spiro atoms. The van der Waals surface area contributed by atoms with Gasteiger partial charge in [-0.3, -0.25) is 0 Å². The molecule has 8 heteroatoms. The Morgan fingerprint density at radius 2 is 1.57 bits per heavy atom. The van der Waals surface area contributed by atoms with Crippen molar-refractivity contribution in [1.82, 2.24) is 9.19 Å². The zero-order valence-electron chi connectivity index (χ0n) is 10.8. The number of hydrogen-bond donors (Lipinski definition) is 2. The fourth-order valence-corrected chi connectivity index (χ4v) is 3.44. The fraction of sp³-hybridized carbons (Fsp3) is 0. The van der Waals surface area contributed by atoms with Crippen molar-refractivity contribution in [2.45, 2.75) is 4.90 Å². The van der Waals surface area contributed by atoms with Crippen molar-refractivity contribution in [3.63, 3.8) is 0 Å². The van der Waals surface area contributed by atoms with Gasteiger partial charge in [0.2, 0.25) is 0 Å². The molecule has 1 heterocycles. The molecule has 0 saturated heterocycles. The maximum Gasteiger partial charge on any atom is 0.510 e. The molecule has 106 valence electrons. The third-order valence-electron chi connectivity index (χ3n) is 3.10. The molecule has 0 radical (unpaired) electrons. The first-order valence-electron chi connectivity index (χ1n) is 6.16. The first-order valence-corrected chi connectivity index (χ1v) is 7.60. The lowest BCUT2D eigenvalue weighted by Crippen LogP contribution is -2.33. The van der Waals surface area contributed by atoms with Crippen LogP contribution in [0.3, 0.4) is 0 Å².